The third-order valence-corrected chi connectivity index (χ3v) is 2.09. The summed E-state index contributed by atoms with van der Waals surface area (Å²) >= 11 is 0. The van der Waals surface area contributed by atoms with E-state index in [2.05, 4.69) is 30.5 Å². The molecule has 0 saturated heterocycles. The fourth-order valence-corrected chi connectivity index (χ4v) is 1.44. The molecule has 1 unspecified atom stereocenters. The Morgan fingerprint density at radius 3 is 2.92 bits per heavy atom. The Balaban J connectivity index is 2.31. The van der Waals surface area contributed by atoms with Crippen LogP contribution in [0.15, 0.2) is 12.4 Å². The second kappa shape index (κ2) is 5.02. The molecule has 0 fully saturated rings. The molecule has 0 radical (unpaired) electrons. The van der Waals surface area contributed by atoms with Gasteiger partial charge >= 0.3 is 0 Å². The van der Waals surface area contributed by atoms with Crippen molar-refractivity contribution in [2.45, 2.75) is 20.3 Å². The summed E-state index contributed by atoms with van der Waals surface area (Å²) in [4.78, 5) is 0. The quantitative estimate of drug-likeness (QED) is 0.740. The molecule has 74 valence electrons. The molecule has 1 rings (SSSR count). The van der Waals surface area contributed by atoms with Crippen LogP contribution in [0.2, 0.25) is 0 Å². The number of nitrogens with zero attached hydrogens (tertiary/aromatic N) is 2. The van der Waals surface area contributed by atoms with Crippen molar-refractivity contribution in [2.75, 3.05) is 13.1 Å². The first-order chi connectivity index (χ1) is 6.22. The number of nitrogens with one attached hydrogen (secondary N) is 1. The van der Waals surface area contributed by atoms with Crippen molar-refractivity contribution in [2.24, 2.45) is 13.0 Å². The Kier molecular flexibility index (Phi) is 3.96. The van der Waals surface area contributed by atoms with Gasteiger partial charge in [0.1, 0.15) is 0 Å². The maximum absolute atomic E-state index is 4.15. The molecule has 0 bridgehead atoms. The summed E-state index contributed by atoms with van der Waals surface area (Å²) in [6.45, 7) is 6.54. The zero-order chi connectivity index (χ0) is 9.68. The topological polar surface area (TPSA) is 29.9 Å². The average molecular weight is 181 g/mol. The van der Waals surface area contributed by atoms with E-state index in [4.69, 9.17) is 0 Å². The first-order valence-corrected chi connectivity index (χ1v) is 4.90. The molecule has 0 aliphatic carbocycles. The summed E-state index contributed by atoms with van der Waals surface area (Å²) < 4.78 is 1.86. The summed E-state index contributed by atoms with van der Waals surface area (Å²) in [6.07, 6.45) is 5.14. The van der Waals surface area contributed by atoms with Crippen molar-refractivity contribution in [1.29, 1.82) is 0 Å². The molecule has 0 spiro atoms. The van der Waals surface area contributed by atoms with E-state index in [1.807, 2.05) is 17.9 Å². The molecule has 0 aliphatic heterocycles. The van der Waals surface area contributed by atoms with Gasteiger partial charge < -0.3 is 5.32 Å². The zero-order valence-electron chi connectivity index (χ0n) is 8.75. The summed E-state index contributed by atoms with van der Waals surface area (Å²) in [5.74, 6) is 0.684. The van der Waals surface area contributed by atoms with Gasteiger partial charge in [0.25, 0.3) is 0 Å². The smallest absolute Gasteiger partial charge is 0.0521 e. The molecule has 3 heteroatoms. The molecule has 13 heavy (non-hydrogen) atoms. The van der Waals surface area contributed by atoms with E-state index in [0.717, 1.165) is 19.5 Å². The lowest BCUT2D eigenvalue weighted by Crippen LogP contribution is -2.21. The highest BCUT2D eigenvalue weighted by Crippen LogP contribution is 2.05. The summed E-state index contributed by atoms with van der Waals surface area (Å²) in [5.41, 5.74) is 1.33. The molecule has 0 saturated carbocycles. The number of aromatic nitrogens is 2. The largest absolute Gasteiger partial charge is 0.317 e. The highest BCUT2D eigenvalue weighted by Gasteiger charge is 2.03. The third-order valence-electron chi connectivity index (χ3n) is 2.09. The molecular formula is C10H19N3. The van der Waals surface area contributed by atoms with E-state index in [1.54, 1.807) is 0 Å². The standard InChI is InChI=1S/C10H19N3/c1-4-11-6-9(2)5-10-7-12-13(3)8-10/h7-9,11H,4-6H2,1-3H3. The summed E-state index contributed by atoms with van der Waals surface area (Å²) in [5, 5.41) is 7.49. The normalized spacial score (nSPS) is 13.2. The second-order valence-electron chi connectivity index (χ2n) is 3.64. The highest BCUT2D eigenvalue weighted by atomic mass is 15.2. The van der Waals surface area contributed by atoms with Gasteiger partial charge in [-0.1, -0.05) is 13.8 Å². The lowest BCUT2D eigenvalue weighted by molar-refractivity contribution is 0.521. The minimum atomic E-state index is 0.684. The predicted octanol–water partition coefficient (Wildman–Crippen LogP) is 1.21. The third kappa shape index (κ3) is 3.59. The zero-order valence-corrected chi connectivity index (χ0v) is 8.75. The van der Waals surface area contributed by atoms with Crippen LogP contribution < -0.4 is 5.32 Å². The minimum absolute atomic E-state index is 0.684. The van der Waals surface area contributed by atoms with Crippen LogP contribution in [0.4, 0.5) is 0 Å². The molecule has 1 aromatic heterocycles. The summed E-state index contributed by atoms with van der Waals surface area (Å²) in [6, 6.07) is 0. The fourth-order valence-electron chi connectivity index (χ4n) is 1.44. The van der Waals surface area contributed by atoms with Gasteiger partial charge in [0.05, 0.1) is 6.20 Å². The van der Waals surface area contributed by atoms with Crippen molar-refractivity contribution in [3.63, 3.8) is 0 Å². The summed E-state index contributed by atoms with van der Waals surface area (Å²) in [7, 11) is 1.96. The SMILES string of the molecule is CCNCC(C)Cc1cnn(C)c1. The number of hydrogen-bond acceptors (Lipinski definition) is 2. The first kappa shape index (κ1) is 10.3. The molecule has 1 N–H and O–H groups in total. The van der Waals surface area contributed by atoms with Gasteiger partial charge in [0, 0.05) is 13.2 Å². The average Bonchev–Trinajstić information content (AvgIpc) is 2.48. The first-order valence-electron chi connectivity index (χ1n) is 4.90. The van der Waals surface area contributed by atoms with E-state index >= 15 is 0 Å². The molecule has 1 atom stereocenters. The van der Waals surface area contributed by atoms with E-state index in [9.17, 15) is 0 Å². The number of hydrogen-bond donors (Lipinski definition) is 1. The minimum Gasteiger partial charge on any atom is -0.317 e. The predicted molar refractivity (Wildman–Crippen MR) is 54.6 cm³/mol. The van der Waals surface area contributed by atoms with Crippen LogP contribution in [0.1, 0.15) is 19.4 Å². The number of rotatable bonds is 5. The van der Waals surface area contributed by atoms with Gasteiger partial charge in [-0.05, 0) is 31.0 Å². The van der Waals surface area contributed by atoms with Crippen LogP contribution in [0.5, 0.6) is 0 Å². The monoisotopic (exact) mass is 181 g/mol. The molecule has 1 aromatic rings. The van der Waals surface area contributed by atoms with Crippen molar-refractivity contribution < 1.29 is 0 Å². The van der Waals surface area contributed by atoms with E-state index in [-0.39, 0.29) is 0 Å². The Labute approximate surface area is 80.1 Å². The van der Waals surface area contributed by atoms with Crippen molar-refractivity contribution >= 4 is 0 Å². The fraction of sp³-hybridized carbons (Fsp3) is 0.700. The van der Waals surface area contributed by atoms with E-state index < -0.39 is 0 Å². The Morgan fingerprint density at radius 1 is 1.62 bits per heavy atom. The van der Waals surface area contributed by atoms with Crippen molar-refractivity contribution in [3.05, 3.63) is 18.0 Å². The maximum Gasteiger partial charge on any atom is 0.0521 e. The van der Waals surface area contributed by atoms with Crippen molar-refractivity contribution in [1.82, 2.24) is 15.1 Å². The van der Waals surface area contributed by atoms with Crippen LogP contribution in [-0.2, 0) is 13.5 Å². The van der Waals surface area contributed by atoms with Crippen LogP contribution >= 0.6 is 0 Å². The second-order valence-corrected chi connectivity index (χ2v) is 3.64. The molecule has 0 aliphatic rings. The van der Waals surface area contributed by atoms with Gasteiger partial charge in [-0.15, -0.1) is 0 Å². The van der Waals surface area contributed by atoms with Crippen molar-refractivity contribution in [3.8, 4) is 0 Å². The lowest BCUT2D eigenvalue weighted by Gasteiger charge is -2.09. The van der Waals surface area contributed by atoms with Crippen LogP contribution in [0.25, 0.3) is 0 Å². The van der Waals surface area contributed by atoms with Crippen LogP contribution in [0.3, 0.4) is 0 Å². The Bertz CT molecular complexity index is 242. The van der Waals surface area contributed by atoms with Crippen LogP contribution in [0, 0.1) is 5.92 Å². The van der Waals surface area contributed by atoms with Crippen LogP contribution in [-0.4, -0.2) is 22.9 Å². The van der Waals surface area contributed by atoms with Gasteiger partial charge in [-0.3, -0.25) is 4.68 Å². The highest BCUT2D eigenvalue weighted by molar-refractivity contribution is 5.04. The number of aryl methyl sites for hydroxylation is 1. The molecule has 1 heterocycles. The van der Waals surface area contributed by atoms with E-state index in [0.29, 0.717) is 5.92 Å². The maximum atomic E-state index is 4.15. The Hall–Kier alpha value is -0.830. The Morgan fingerprint density at radius 2 is 2.38 bits per heavy atom. The van der Waals surface area contributed by atoms with Gasteiger partial charge in [-0.2, -0.15) is 5.10 Å². The molecule has 0 amide bonds. The lowest BCUT2D eigenvalue weighted by atomic mass is 10.0. The molecule has 0 aromatic carbocycles. The van der Waals surface area contributed by atoms with Gasteiger partial charge in [0.15, 0.2) is 0 Å². The molecule has 3 nitrogen and oxygen atoms in total. The molecular weight excluding hydrogens is 162 g/mol. The van der Waals surface area contributed by atoms with Gasteiger partial charge in [-0.25, -0.2) is 0 Å². The van der Waals surface area contributed by atoms with Gasteiger partial charge in [0.2, 0.25) is 0 Å². The van der Waals surface area contributed by atoms with E-state index in [1.165, 1.54) is 5.56 Å².